The van der Waals surface area contributed by atoms with Gasteiger partial charge in [-0.1, -0.05) is 0 Å². The number of hydrogen-bond donors (Lipinski definition) is 2. The van der Waals surface area contributed by atoms with Gasteiger partial charge in [0.2, 0.25) is 5.91 Å². The first-order valence-electron chi connectivity index (χ1n) is 9.33. The van der Waals surface area contributed by atoms with Crippen molar-refractivity contribution < 1.29 is 22.7 Å². The van der Waals surface area contributed by atoms with E-state index in [0.29, 0.717) is 34.4 Å². The zero-order valence-electron chi connectivity index (χ0n) is 16.9. The SMILES string of the molecule is CCOC(=O)c1ccc(NC(=O)Cc2csc(Nc3ccc(S(C)(=O)=O)cc3)n2)cc1. The van der Waals surface area contributed by atoms with Crippen LogP contribution < -0.4 is 10.6 Å². The molecule has 0 fully saturated rings. The minimum atomic E-state index is -3.25. The van der Waals surface area contributed by atoms with Gasteiger partial charge in [-0.15, -0.1) is 11.3 Å². The van der Waals surface area contributed by atoms with Gasteiger partial charge >= 0.3 is 5.97 Å². The number of thiazole rings is 1. The molecule has 0 aliphatic heterocycles. The van der Waals surface area contributed by atoms with E-state index in [1.807, 2.05) is 0 Å². The Morgan fingerprint density at radius 3 is 2.29 bits per heavy atom. The second-order valence-electron chi connectivity index (χ2n) is 6.59. The van der Waals surface area contributed by atoms with Crippen LogP contribution in [0.2, 0.25) is 0 Å². The first-order valence-corrected chi connectivity index (χ1v) is 12.1. The van der Waals surface area contributed by atoms with Crippen LogP contribution in [0.25, 0.3) is 0 Å². The average molecular weight is 460 g/mol. The van der Waals surface area contributed by atoms with E-state index in [-0.39, 0.29) is 17.2 Å². The molecule has 8 nitrogen and oxygen atoms in total. The highest BCUT2D eigenvalue weighted by atomic mass is 32.2. The molecule has 0 atom stereocenters. The number of aromatic nitrogens is 1. The van der Waals surface area contributed by atoms with E-state index < -0.39 is 15.8 Å². The molecule has 0 aliphatic rings. The van der Waals surface area contributed by atoms with Crippen molar-refractivity contribution in [2.75, 3.05) is 23.5 Å². The molecule has 1 heterocycles. The van der Waals surface area contributed by atoms with Gasteiger partial charge in [0.15, 0.2) is 15.0 Å². The van der Waals surface area contributed by atoms with Crippen molar-refractivity contribution in [3.63, 3.8) is 0 Å². The standard InChI is InChI=1S/C21H21N3O5S2/c1-3-29-20(26)14-4-6-15(7-5-14)22-19(25)12-17-13-30-21(24-17)23-16-8-10-18(11-9-16)31(2,27)28/h4-11,13H,3,12H2,1-2H3,(H,22,25)(H,23,24). The van der Waals surface area contributed by atoms with Crippen LogP contribution in [0.15, 0.2) is 58.8 Å². The molecule has 10 heteroatoms. The van der Waals surface area contributed by atoms with E-state index in [1.165, 1.54) is 23.5 Å². The van der Waals surface area contributed by atoms with Crippen LogP contribution in [0.4, 0.5) is 16.5 Å². The van der Waals surface area contributed by atoms with E-state index in [9.17, 15) is 18.0 Å². The quantitative estimate of drug-likeness (QED) is 0.494. The van der Waals surface area contributed by atoms with Crippen LogP contribution in [0.3, 0.4) is 0 Å². The second kappa shape index (κ2) is 9.71. The lowest BCUT2D eigenvalue weighted by Gasteiger charge is -2.06. The number of anilines is 3. The van der Waals surface area contributed by atoms with Crippen LogP contribution in [-0.4, -0.2) is 38.1 Å². The summed E-state index contributed by atoms with van der Waals surface area (Å²) >= 11 is 1.34. The molecule has 0 radical (unpaired) electrons. The number of amides is 1. The Morgan fingerprint density at radius 2 is 1.68 bits per heavy atom. The van der Waals surface area contributed by atoms with Gasteiger partial charge in [0.25, 0.3) is 0 Å². The Bertz CT molecular complexity index is 1170. The largest absolute Gasteiger partial charge is 0.462 e. The van der Waals surface area contributed by atoms with Gasteiger partial charge in [-0.3, -0.25) is 4.79 Å². The third-order valence-corrected chi connectivity index (χ3v) is 6.04. The lowest BCUT2D eigenvalue weighted by molar-refractivity contribution is -0.115. The molecule has 0 bridgehead atoms. The molecule has 0 aliphatic carbocycles. The van der Waals surface area contributed by atoms with Crippen LogP contribution in [0.5, 0.6) is 0 Å². The molecule has 0 spiro atoms. The fourth-order valence-corrected chi connectivity index (χ4v) is 3.99. The van der Waals surface area contributed by atoms with Gasteiger partial charge in [-0.05, 0) is 55.5 Å². The maximum absolute atomic E-state index is 12.3. The number of nitrogens with one attached hydrogen (secondary N) is 2. The van der Waals surface area contributed by atoms with E-state index in [2.05, 4.69) is 15.6 Å². The lowest BCUT2D eigenvalue weighted by Crippen LogP contribution is -2.14. The maximum Gasteiger partial charge on any atom is 0.338 e. The zero-order valence-corrected chi connectivity index (χ0v) is 18.5. The molecule has 3 aromatic rings. The lowest BCUT2D eigenvalue weighted by atomic mass is 10.2. The summed E-state index contributed by atoms with van der Waals surface area (Å²) in [7, 11) is -3.25. The number of benzene rings is 2. The number of carbonyl (C=O) groups excluding carboxylic acids is 2. The summed E-state index contributed by atoms with van der Waals surface area (Å²) in [5, 5.41) is 8.22. The first kappa shape index (κ1) is 22.4. The summed E-state index contributed by atoms with van der Waals surface area (Å²) in [6.45, 7) is 2.04. The molecule has 2 aromatic carbocycles. The molecular weight excluding hydrogens is 438 g/mol. The molecule has 2 N–H and O–H groups in total. The second-order valence-corrected chi connectivity index (χ2v) is 9.46. The summed E-state index contributed by atoms with van der Waals surface area (Å²) < 4.78 is 28.0. The number of nitrogens with zero attached hydrogens (tertiary/aromatic N) is 1. The predicted octanol–water partition coefficient (Wildman–Crippen LogP) is 3.65. The van der Waals surface area contributed by atoms with Gasteiger partial charge in [-0.25, -0.2) is 18.2 Å². The molecule has 0 saturated heterocycles. The number of ether oxygens (including phenoxy) is 1. The topological polar surface area (TPSA) is 114 Å². The third-order valence-electron chi connectivity index (χ3n) is 4.11. The van der Waals surface area contributed by atoms with Gasteiger partial charge in [-0.2, -0.15) is 0 Å². The smallest absolute Gasteiger partial charge is 0.338 e. The molecule has 162 valence electrons. The minimum Gasteiger partial charge on any atom is -0.462 e. The van der Waals surface area contributed by atoms with Crippen LogP contribution in [0.1, 0.15) is 23.0 Å². The molecule has 1 aromatic heterocycles. The number of hydrogen-bond acceptors (Lipinski definition) is 8. The van der Waals surface area contributed by atoms with Crippen LogP contribution in [-0.2, 0) is 25.8 Å². The van der Waals surface area contributed by atoms with Crippen molar-refractivity contribution in [3.05, 3.63) is 65.2 Å². The molecular formula is C21H21N3O5S2. The third kappa shape index (κ3) is 6.37. The highest BCUT2D eigenvalue weighted by Gasteiger charge is 2.11. The fourth-order valence-electron chi connectivity index (χ4n) is 2.63. The minimum absolute atomic E-state index is 0.0881. The van der Waals surface area contributed by atoms with Gasteiger partial charge < -0.3 is 15.4 Å². The van der Waals surface area contributed by atoms with Crippen molar-refractivity contribution in [2.45, 2.75) is 18.2 Å². The number of carbonyl (C=O) groups is 2. The van der Waals surface area contributed by atoms with Crippen molar-refractivity contribution in [2.24, 2.45) is 0 Å². The van der Waals surface area contributed by atoms with E-state index in [4.69, 9.17) is 4.74 Å². The Labute approximate surface area is 184 Å². The summed E-state index contributed by atoms with van der Waals surface area (Å²) in [6.07, 6.45) is 1.24. The van der Waals surface area contributed by atoms with E-state index >= 15 is 0 Å². The number of rotatable bonds is 8. The Morgan fingerprint density at radius 1 is 1.03 bits per heavy atom. The Balaban J connectivity index is 1.55. The molecule has 1 amide bonds. The maximum atomic E-state index is 12.3. The van der Waals surface area contributed by atoms with Crippen LogP contribution in [0, 0.1) is 0 Å². The van der Waals surface area contributed by atoms with Crippen molar-refractivity contribution in [3.8, 4) is 0 Å². The monoisotopic (exact) mass is 459 g/mol. The van der Waals surface area contributed by atoms with Gasteiger partial charge in [0.05, 0.1) is 29.2 Å². The Kier molecular flexibility index (Phi) is 7.03. The van der Waals surface area contributed by atoms with E-state index in [0.717, 1.165) is 6.26 Å². The summed E-state index contributed by atoms with van der Waals surface area (Å²) in [5.41, 5.74) is 2.28. The fraction of sp³-hybridized carbons (Fsp3) is 0.190. The van der Waals surface area contributed by atoms with Gasteiger partial charge in [0.1, 0.15) is 0 Å². The zero-order chi connectivity index (χ0) is 22.4. The average Bonchev–Trinajstić information content (AvgIpc) is 3.15. The summed E-state index contributed by atoms with van der Waals surface area (Å²) in [4.78, 5) is 28.6. The summed E-state index contributed by atoms with van der Waals surface area (Å²) in [6, 6.07) is 12.8. The van der Waals surface area contributed by atoms with Crippen molar-refractivity contribution in [1.29, 1.82) is 0 Å². The van der Waals surface area contributed by atoms with Gasteiger partial charge in [0, 0.05) is 23.0 Å². The summed E-state index contributed by atoms with van der Waals surface area (Å²) in [5.74, 6) is -0.646. The normalized spacial score (nSPS) is 11.0. The van der Waals surface area contributed by atoms with Crippen molar-refractivity contribution >= 4 is 49.6 Å². The highest BCUT2D eigenvalue weighted by molar-refractivity contribution is 7.90. The Hall–Kier alpha value is -3.24. The van der Waals surface area contributed by atoms with Crippen molar-refractivity contribution in [1.82, 2.24) is 4.98 Å². The molecule has 0 saturated carbocycles. The van der Waals surface area contributed by atoms with Crippen LogP contribution >= 0.6 is 11.3 Å². The van der Waals surface area contributed by atoms with E-state index in [1.54, 1.807) is 48.7 Å². The molecule has 31 heavy (non-hydrogen) atoms. The first-order chi connectivity index (χ1) is 14.7. The number of sulfone groups is 1. The molecule has 3 rings (SSSR count). The highest BCUT2D eigenvalue weighted by Crippen LogP contribution is 2.23. The molecule has 0 unspecified atom stereocenters. The number of esters is 1. The predicted molar refractivity (Wildman–Crippen MR) is 120 cm³/mol.